The summed E-state index contributed by atoms with van der Waals surface area (Å²) >= 11 is 0. The number of amides is 1. The number of aromatic amines is 1. The third-order valence-electron chi connectivity index (χ3n) is 2.53. The number of nitrogens with one attached hydrogen (secondary N) is 2. The van der Waals surface area contributed by atoms with Crippen LogP contribution in [-0.2, 0) is 6.54 Å². The molecule has 1 amide bonds. The zero-order chi connectivity index (χ0) is 11.9. The molecule has 1 aliphatic heterocycles. The molecule has 4 N–H and O–H groups in total. The molecule has 0 spiro atoms. The number of nitrogens with zero attached hydrogens (tertiary/aromatic N) is 1. The summed E-state index contributed by atoms with van der Waals surface area (Å²) in [5.41, 5.74) is 5.02. The Morgan fingerprint density at radius 1 is 1.50 bits per heavy atom. The van der Waals surface area contributed by atoms with Gasteiger partial charge in [-0.25, -0.2) is 0 Å². The number of carbonyl (C=O) groups excluding carboxylic acids is 1. The highest BCUT2D eigenvalue weighted by Gasteiger charge is 2.45. The van der Waals surface area contributed by atoms with E-state index >= 15 is 0 Å². The minimum atomic E-state index is -4.37. The van der Waals surface area contributed by atoms with Gasteiger partial charge >= 0.3 is 6.18 Å². The molecule has 5 nitrogen and oxygen atoms in total. The smallest absolute Gasteiger partial charge is 0.364 e. The number of hydrogen-bond donors (Lipinski definition) is 3. The topological polar surface area (TPSA) is 83.8 Å². The van der Waals surface area contributed by atoms with Crippen molar-refractivity contribution in [3.8, 4) is 0 Å². The van der Waals surface area contributed by atoms with Gasteiger partial charge in [0.25, 0.3) is 5.91 Å². The number of rotatable bonds is 1. The number of H-pyrrole nitrogens is 1. The number of halogens is 3. The first-order valence-corrected chi connectivity index (χ1v) is 4.55. The quantitative estimate of drug-likeness (QED) is 0.651. The molecule has 2 heterocycles. The van der Waals surface area contributed by atoms with Crippen LogP contribution in [0.2, 0.25) is 0 Å². The number of hydrogen-bond acceptors (Lipinski definition) is 3. The number of alkyl halides is 3. The molecule has 0 aliphatic carbocycles. The van der Waals surface area contributed by atoms with Crippen LogP contribution in [0.25, 0.3) is 0 Å². The normalized spacial score (nSPS) is 20.6. The van der Waals surface area contributed by atoms with Crippen LogP contribution in [0.4, 0.5) is 13.2 Å². The predicted octanol–water partition coefficient (Wildman–Crippen LogP) is 0.258. The molecule has 1 aliphatic rings. The lowest BCUT2D eigenvalue weighted by atomic mass is 9.96. The first-order chi connectivity index (χ1) is 7.41. The Kier molecular flexibility index (Phi) is 2.38. The lowest BCUT2D eigenvalue weighted by molar-refractivity contribution is -0.151. The van der Waals surface area contributed by atoms with Gasteiger partial charge in [0.2, 0.25) is 0 Å². The van der Waals surface area contributed by atoms with Gasteiger partial charge in [0.05, 0.1) is 5.69 Å². The summed E-state index contributed by atoms with van der Waals surface area (Å²) in [5, 5.41) is 8.37. The first-order valence-electron chi connectivity index (χ1n) is 4.55. The Morgan fingerprint density at radius 3 is 2.75 bits per heavy atom. The highest BCUT2D eigenvalue weighted by molar-refractivity contribution is 5.92. The van der Waals surface area contributed by atoms with E-state index in [1.54, 1.807) is 0 Å². The van der Waals surface area contributed by atoms with Gasteiger partial charge in [-0.1, -0.05) is 0 Å². The first kappa shape index (κ1) is 10.9. The number of primary amides is 1. The van der Waals surface area contributed by atoms with E-state index in [1.165, 1.54) is 0 Å². The summed E-state index contributed by atoms with van der Waals surface area (Å²) in [7, 11) is 0. The van der Waals surface area contributed by atoms with Crippen LogP contribution < -0.4 is 11.1 Å². The van der Waals surface area contributed by atoms with Crippen molar-refractivity contribution in [2.45, 2.75) is 18.6 Å². The Labute approximate surface area is 88.2 Å². The molecule has 16 heavy (non-hydrogen) atoms. The molecule has 0 saturated carbocycles. The summed E-state index contributed by atoms with van der Waals surface area (Å²) in [6, 6.07) is 0. The highest BCUT2D eigenvalue weighted by Crippen LogP contribution is 2.37. The lowest BCUT2D eigenvalue weighted by Gasteiger charge is -2.25. The van der Waals surface area contributed by atoms with Crippen LogP contribution in [0, 0.1) is 0 Å². The van der Waals surface area contributed by atoms with Crippen molar-refractivity contribution in [3.63, 3.8) is 0 Å². The highest BCUT2D eigenvalue weighted by atomic mass is 19.4. The molecule has 88 valence electrons. The average molecular weight is 234 g/mol. The van der Waals surface area contributed by atoms with E-state index in [4.69, 9.17) is 5.73 Å². The van der Waals surface area contributed by atoms with Crippen LogP contribution in [0.3, 0.4) is 0 Å². The van der Waals surface area contributed by atoms with E-state index in [2.05, 4.69) is 15.5 Å². The van der Waals surface area contributed by atoms with Gasteiger partial charge in [0, 0.05) is 18.7 Å². The molecule has 1 aromatic heterocycles. The van der Waals surface area contributed by atoms with Gasteiger partial charge in [-0.15, -0.1) is 0 Å². The summed E-state index contributed by atoms with van der Waals surface area (Å²) in [6.07, 6.45) is -4.37. The second-order valence-corrected chi connectivity index (χ2v) is 3.55. The standard InChI is InChI=1S/C8H9F3N4O/c9-8(10,11)4-2-13-1-3-5(4)14-15-6(3)7(12)16/h4,13H,1-2H2,(H2,12,16)(H,14,15). The monoisotopic (exact) mass is 234 g/mol. The van der Waals surface area contributed by atoms with E-state index < -0.39 is 18.0 Å². The van der Waals surface area contributed by atoms with Gasteiger partial charge < -0.3 is 11.1 Å². The molecule has 0 fully saturated rings. The van der Waals surface area contributed by atoms with Gasteiger partial charge in [-0.3, -0.25) is 9.89 Å². The van der Waals surface area contributed by atoms with Gasteiger partial charge in [-0.2, -0.15) is 18.3 Å². The summed E-state index contributed by atoms with van der Waals surface area (Å²) in [4.78, 5) is 10.9. The Morgan fingerprint density at radius 2 is 2.19 bits per heavy atom. The number of aromatic nitrogens is 2. The van der Waals surface area contributed by atoms with E-state index in [1.807, 2.05) is 0 Å². The van der Waals surface area contributed by atoms with Gasteiger partial charge in [-0.05, 0) is 0 Å². The fraction of sp³-hybridized carbons (Fsp3) is 0.500. The Balaban J connectivity index is 2.45. The average Bonchev–Trinajstić information content (AvgIpc) is 2.58. The summed E-state index contributed by atoms with van der Waals surface area (Å²) < 4.78 is 37.9. The molecule has 1 aromatic rings. The van der Waals surface area contributed by atoms with E-state index in [9.17, 15) is 18.0 Å². The molecular weight excluding hydrogens is 225 g/mol. The fourth-order valence-electron chi connectivity index (χ4n) is 1.77. The molecule has 0 saturated heterocycles. The predicted molar refractivity (Wildman–Crippen MR) is 47.6 cm³/mol. The summed E-state index contributed by atoms with van der Waals surface area (Å²) in [5.74, 6) is -2.50. The zero-order valence-electron chi connectivity index (χ0n) is 8.06. The van der Waals surface area contributed by atoms with E-state index in [-0.39, 0.29) is 30.0 Å². The minimum absolute atomic E-state index is 0.0694. The maximum Gasteiger partial charge on any atom is 0.398 e. The van der Waals surface area contributed by atoms with Crippen molar-refractivity contribution >= 4 is 5.91 Å². The van der Waals surface area contributed by atoms with Gasteiger partial charge in [0.15, 0.2) is 5.69 Å². The van der Waals surface area contributed by atoms with Gasteiger partial charge in [0.1, 0.15) is 5.92 Å². The third kappa shape index (κ3) is 1.64. The van der Waals surface area contributed by atoms with Crippen LogP contribution >= 0.6 is 0 Å². The maximum absolute atomic E-state index is 12.6. The van der Waals surface area contributed by atoms with E-state index in [0.29, 0.717) is 0 Å². The van der Waals surface area contributed by atoms with Crippen LogP contribution in [0.15, 0.2) is 0 Å². The lowest BCUT2D eigenvalue weighted by Crippen LogP contribution is -2.37. The van der Waals surface area contributed by atoms with Crippen molar-refractivity contribution in [1.29, 1.82) is 0 Å². The van der Waals surface area contributed by atoms with Crippen LogP contribution in [-0.4, -0.2) is 28.8 Å². The molecule has 0 aromatic carbocycles. The maximum atomic E-state index is 12.6. The minimum Gasteiger partial charge on any atom is -0.364 e. The van der Waals surface area contributed by atoms with Crippen molar-refractivity contribution < 1.29 is 18.0 Å². The molecule has 0 bridgehead atoms. The third-order valence-corrected chi connectivity index (χ3v) is 2.53. The fourth-order valence-corrected chi connectivity index (χ4v) is 1.77. The van der Waals surface area contributed by atoms with Crippen molar-refractivity contribution in [1.82, 2.24) is 15.5 Å². The molecular formula is C8H9F3N4O. The van der Waals surface area contributed by atoms with Crippen molar-refractivity contribution in [3.05, 3.63) is 17.0 Å². The van der Waals surface area contributed by atoms with Crippen molar-refractivity contribution in [2.24, 2.45) is 5.73 Å². The largest absolute Gasteiger partial charge is 0.398 e. The molecule has 1 unspecified atom stereocenters. The second-order valence-electron chi connectivity index (χ2n) is 3.55. The van der Waals surface area contributed by atoms with Crippen LogP contribution in [0.1, 0.15) is 27.7 Å². The SMILES string of the molecule is NC(=O)c1n[nH]c2c1CNCC2C(F)(F)F. The zero-order valence-corrected chi connectivity index (χ0v) is 8.06. The Bertz CT molecular complexity index is 425. The van der Waals surface area contributed by atoms with Crippen molar-refractivity contribution in [2.75, 3.05) is 6.54 Å². The molecule has 1 atom stereocenters. The Hall–Kier alpha value is -1.57. The molecule has 0 radical (unpaired) electrons. The molecule has 2 rings (SSSR count). The number of fused-ring (bicyclic) bond motifs is 1. The van der Waals surface area contributed by atoms with E-state index in [0.717, 1.165) is 0 Å². The summed E-state index contributed by atoms with van der Waals surface area (Å²) in [6.45, 7) is -0.0619. The number of carbonyl (C=O) groups is 1. The second kappa shape index (κ2) is 3.48. The van der Waals surface area contributed by atoms with Crippen LogP contribution in [0.5, 0.6) is 0 Å². The number of nitrogens with two attached hydrogens (primary N) is 1. The molecule has 8 heteroatoms.